The lowest BCUT2D eigenvalue weighted by Gasteiger charge is -2.17. The van der Waals surface area contributed by atoms with Crippen LogP contribution in [0.5, 0.6) is 5.75 Å². The molecule has 0 aliphatic carbocycles. The van der Waals surface area contributed by atoms with Crippen LogP contribution in [0.3, 0.4) is 0 Å². The SMILES string of the molecule is CC(N)(C#N)COc1ccc2c(c1F)B(O)OC2. The molecule has 0 fully saturated rings. The van der Waals surface area contributed by atoms with E-state index >= 15 is 0 Å². The summed E-state index contributed by atoms with van der Waals surface area (Å²) in [6, 6.07) is 4.90. The Morgan fingerprint density at radius 2 is 2.44 bits per heavy atom. The number of nitrogens with two attached hydrogens (primary N) is 1. The monoisotopic (exact) mass is 250 g/mol. The van der Waals surface area contributed by atoms with Crippen LogP contribution in [0, 0.1) is 17.1 Å². The molecule has 0 aromatic heterocycles. The van der Waals surface area contributed by atoms with Crippen LogP contribution < -0.4 is 15.9 Å². The van der Waals surface area contributed by atoms with Gasteiger partial charge in [-0.05, 0) is 18.6 Å². The zero-order valence-electron chi connectivity index (χ0n) is 9.81. The Morgan fingerprint density at radius 3 is 3.11 bits per heavy atom. The van der Waals surface area contributed by atoms with E-state index in [2.05, 4.69) is 0 Å². The number of fused-ring (bicyclic) bond motifs is 1. The van der Waals surface area contributed by atoms with Crippen LogP contribution in [0.4, 0.5) is 4.39 Å². The van der Waals surface area contributed by atoms with Gasteiger partial charge in [-0.3, -0.25) is 0 Å². The van der Waals surface area contributed by atoms with E-state index in [9.17, 15) is 9.41 Å². The topological polar surface area (TPSA) is 88.5 Å². The van der Waals surface area contributed by atoms with Crippen molar-refractivity contribution in [3.63, 3.8) is 0 Å². The fourth-order valence-electron chi connectivity index (χ4n) is 1.63. The summed E-state index contributed by atoms with van der Waals surface area (Å²) in [6.45, 7) is 1.51. The zero-order valence-corrected chi connectivity index (χ0v) is 9.81. The van der Waals surface area contributed by atoms with Crippen molar-refractivity contribution in [2.24, 2.45) is 5.73 Å². The van der Waals surface area contributed by atoms with Crippen LogP contribution in [0.2, 0.25) is 0 Å². The standard InChI is InChI=1S/C11H12BFN2O3/c1-11(15,5-14)6-17-8-3-2-7-4-18-12(16)9(7)10(8)13/h2-3,16H,4,6,15H2,1H3. The molecule has 0 bridgehead atoms. The largest absolute Gasteiger partial charge is 0.494 e. The van der Waals surface area contributed by atoms with E-state index in [1.807, 2.05) is 6.07 Å². The Hall–Kier alpha value is -1.62. The molecule has 5 nitrogen and oxygen atoms in total. The summed E-state index contributed by atoms with van der Waals surface area (Å²) in [6.07, 6.45) is 0. The summed E-state index contributed by atoms with van der Waals surface area (Å²) in [4.78, 5) is 0. The second-order valence-electron chi connectivity index (χ2n) is 4.43. The van der Waals surface area contributed by atoms with Crippen LogP contribution in [0.1, 0.15) is 12.5 Å². The van der Waals surface area contributed by atoms with Gasteiger partial charge in [-0.1, -0.05) is 6.07 Å². The predicted octanol–water partition coefficient (Wildman–Crippen LogP) is -0.337. The molecular weight excluding hydrogens is 238 g/mol. The summed E-state index contributed by atoms with van der Waals surface area (Å²) in [7, 11) is -1.27. The molecule has 7 heteroatoms. The number of halogens is 1. The first-order valence-corrected chi connectivity index (χ1v) is 5.38. The third-order valence-electron chi connectivity index (χ3n) is 2.66. The third-order valence-corrected chi connectivity index (χ3v) is 2.66. The molecule has 3 N–H and O–H groups in total. The molecule has 1 aromatic rings. The summed E-state index contributed by atoms with van der Waals surface area (Å²) in [5.41, 5.74) is 5.05. The first-order valence-electron chi connectivity index (χ1n) is 5.38. The van der Waals surface area contributed by atoms with E-state index in [-0.39, 0.29) is 24.4 Å². The minimum atomic E-state index is -1.27. The van der Waals surface area contributed by atoms with Crippen molar-refractivity contribution < 1.29 is 18.8 Å². The maximum absolute atomic E-state index is 14.0. The molecule has 1 aliphatic rings. The Morgan fingerprint density at radius 1 is 1.72 bits per heavy atom. The molecule has 0 saturated heterocycles. The summed E-state index contributed by atoms with van der Waals surface area (Å²) in [5, 5.41) is 18.2. The van der Waals surface area contributed by atoms with Gasteiger partial charge in [0, 0.05) is 5.46 Å². The Kier molecular flexibility index (Phi) is 3.26. The zero-order chi connectivity index (χ0) is 13.3. The van der Waals surface area contributed by atoms with Gasteiger partial charge in [-0.2, -0.15) is 5.26 Å². The van der Waals surface area contributed by atoms with Gasteiger partial charge in [0.1, 0.15) is 12.1 Å². The summed E-state index contributed by atoms with van der Waals surface area (Å²) in [5.74, 6) is -0.725. The number of hydrogen-bond acceptors (Lipinski definition) is 5. The second-order valence-corrected chi connectivity index (χ2v) is 4.43. The lowest BCUT2D eigenvalue weighted by Crippen LogP contribution is -2.41. The van der Waals surface area contributed by atoms with Gasteiger partial charge in [-0.25, -0.2) is 4.39 Å². The van der Waals surface area contributed by atoms with Gasteiger partial charge >= 0.3 is 7.12 Å². The Balaban J connectivity index is 2.22. The fourth-order valence-corrected chi connectivity index (χ4v) is 1.63. The molecule has 1 atom stereocenters. The quantitative estimate of drug-likeness (QED) is 0.716. The minimum Gasteiger partial charge on any atom is -0.488 e. The molecule has 18 heavy (non-hydrogen) atoms. The predicted molar refractivity (Wildman–Crippen MR) is 62.5 cm³/mol. The van der Waals surface area contributed by atoms with Crippen molar-refractivity contribution in [1.82, 2.24) is 0 Å². The minimum absolute atomic E-state index is 0.0507. The number of hydrogen-bond donors (Lipinski definition) is 2. The summed E-state index contributed by atoms with van der Waals surface area (Å²) < 4.78 is 24.1. The maximum Gasteiger partial charge on any atom is 0.494 e. The van der Waals surface area contributed by atoms with Crippen LogP contribution >= 0.6 is 0 Å². The fraction of sp³-hybridized carbons (Fsp3) is 0.364. The van der Waals surface area contributed by atoms with Crippen molar-refractivity contribution >= 4 is 12.6 Å². The van der Waals surface area contributed by atoms with Gasteiger partial charge < -0.3 is 20.1 Å². The number of rotatable bonds is 3. The number of benzene rings is 1. The molecule has 1 aromatic carbocycles. The highest BCUT2D eigenvalue weighted by Gasteiger charge is 2.33. The smallest absolute Gasteiger partial charge is 0.488 e. The lowest BCUT2D eigenvalue weighted by molar-refractivity contribution is 0.254. The second kappa shape index (κ2) is 4.57. The van der Waals surface area contributed by atoms with Crippen LogP contribution in [-0.2, 0) is 11.3 Å². The Bertz CT molecular complexity index is 516. The highest BCUT2D eigenvalue weighted by Crippen LogP contribution is 2.21. The van der Waals surface area contributed by atoms with E-state index in [1.54, 1.807) is 6.07 Å². The molecular formula is C11H12BFN2O3. The van der Waals surface area contributed by atoms with E-state index in [4.69, 9.17) is 20.4 Å². The lowest BCUT2D eigenvalue weighted by atomic mass is 9.79. The van der Waals surface area contributed by atoms with Gasteiger partial charge in [-0.15, -0.1) is 0 Å². The van der Waals surface area contributed by atoms with Crippen molar-refractivity contribution in [3.05, 3.63) is 23.5 Å². The van der Waals surface area contributed by atoms with Crippen LogP contribution in [0.25, 0.3) is 0 Å². The highest BCUT2D eigenvalue weighted by molar-refractivity contribution is 6.61. The first-order chi connectivity index (χ1) is 8.44. The van der Waals surface area contributed by atoms with Gasteiger partial charge in [0.05, 0.1) is 12.7 Å². The van der Waals surface area contributed by atoms with Crippen LogP contribution in [0.15, 0.2) is 12.1 Å². The summed E-state index contributed by atoms with van der Waals surface area (Å²) >= 11 is 0. The molecule has 0 saturated carbocycles. The van der Waals surface area contributed by atoms with Crippen molar-refractivity contribution in [3.8, 4) is 11.8 Å². The molecule has 0 radical (unpaired) electrons. The number of nitriles is 1. The molecule has 0 amide bonds. The van der Waals surface area contributed by atoms with Crippen molar-refractivity contribution in [1.29, 1.82) is 5.26 Å². The van der Waals surface area contributed by atoms with Gasteiger partial charge in [0.2, 0.25) is 0 Å². The normalized spacial score (nSPS) is 16.9. The number of ether oxygens (including phenoxy) is 1. The number of nitrogens with zero attached hydrogens (tertiary/aromatic N) is 1. The average molecular weight is 250 g/mol. The molecule has 1 unspecified atom stereocenters. The van der Waals surface area contributed by atoms with E-state index in [1.165, 1.54) is 13.0 Å². The molecule has 1 aliphatic heterocycles. The molecule has 1 heterocycles. The molecule has 0 spiro atoms. The maximum atomic E-state index is 14.0. The van der Waals surface area contributed by atoms with Crippen LogP contribution in [-0.4, -0.2) is 24.3 Å². The Labute approximate surface area is 104 Å². The van der Waals surface area contributed by atoms with Crippen molar-refractivity contribution in [2.75, 3.05) is 6.61 Å². The van der Waals surface area contributed by atoms with Gasteiger partial charge in [0.25, 0.3) is 0 Å². The third kappa shape index (κ3) is 2.31. The van der Waals surface area contributed by atoms with E-state index in [0.717, 1.165) is 0 Å². The van der Waals surface area contributed by atoms with E-state index in [0.29, 0.717) is 5.56 Å². The molecule has 94 valence electrons. The highest BCUT2D eigenvalue weighted by atomic mass is 19.1. The van der Waals surface area contributed by atoms with E-state index < -0.39 is 18.5 Å². The van der Waals surface area contributed by atoms with Gasteiger partial charge in [0.15, 0.2) is 11.6 Å². The molecule has 2 rings (SSSR count). The first kappa shape index (κ1) is 12.8. The van der Waals surface area contributed by atoms with Crippen molar-refractivity contribution in [2.45, 2.75) is 19.1 Å². The average Bonchev–Trinajstić information content (AvgIpc) is 2.71.